The summed E-state index contributed by atoms with van der Waals surface area (Å²) in [6.07, 6.45) is 11.3. The summed E-state index contributed by atoms with van der Waals surface area (Å²) in [5.41, 5.74) is 0. The molecule has 0 N–H and O–H groups in total. The molecule has 0 bridgehead atoms. The maximum Gasteiger partial charge on any atom is 0.164 e. The average Bonchev–Trinajstić information content (AvgIpc) is 2.16. The highest BCUT2D eigenvalue weighted by Gasteiger charge is 1.80. The summed E-state index contributed by atoms with van der Waals surface area (Å²) < 4.78 is 0. The second kappa shape index (κ2) is 4.67. The van der Waals surface area contributed by atoms with Crippen molar-refractivity contribution in [2.24, 2.45) is 0 Å². The topological polar surface area (TPSA) is 17.1 Å². The summed E-state index contributed by atoms with van der Waals surface area (Å²) in [5, 5.41) is 5.59. The van der Waals surface area contributed by atoms with Crippen LogP contribution in [0.2, 0.25) is 0 Å². The zero-order valence-electron chi connectivity index (χ0n) is 5.94. The van der Waals surface area contributed by atoms with Crippen molar-refractivity contribution in [2.45, 2.75) is 0 Å². The number of carbonyl (C=O) groups excluding carboxylic acids is 1. The predicted octanol–water partition coefficient (Wildman–Crippen LogP) is 2.48. The number of allylic oxidation sites excluding steroid dienone is 6. The van der Waals surface area contributed by atoms with Crippen molar-refractivity contribution in [2.75, 3.05) is 0 Å². The number of hydrogen-bond donors (Lipinski definition) is 0. The SMILES string of the molecule is O=C=S1\C=C/C=C\C=C/C=C\1. The van der Waals surface area contributed by atoms with E-state index >= 15 is 0 Å². The molecule has 0 radical (unpaired) electrons. The first kappa shape index (κ1) is 7.99. The van der Waals surface area contributed by atoms with E-state index in [1.165, 1.54) is 0 Å². The van der Waals surface area contributed by atoms with Gasteiger partial charge in [0.15, 0.2) is 5.23 Å². The zero-order valence-corrected chi connectivity index (χ0v) is 6.75. The minimum absolute atomic E-state index is 0.460. The van der Waals surface area contributed by atoms with Gasteiger partial charge in [-0.05, 0) is 10.8 Å². The van der Waals surface area contributed by atoms with E-state index in [9.17, 15) is 4.79 Å². The lowest BCUT2D eigenvalue weighted by Gasteiger charge is -1.82. The first-order chi connectivity index (χ1) is 5.43. The van der Waals surface area contributed by atoms with E-state index in [-0.39, 0.29) is 0 Å². The van der Waals surface area contributed by atoms with Gasteiger partial charge in [-0.2, -0.15) is 0 Å². The maximum atomic E-state index is 10.3. The third-order valence-electron chi connectivity index (χ3n) is 1.10. The Kier molecular flexibility index (Phi) is 3.39. The van der Waals surface area contributed by atoms with E-state index in [0.29, 0.717) is 0 Å². The van der Waals surface area contributed by atoms with Crippen molar-refractivity contribution in [3.8, 4) is 0 Å². The average molecular weight is 164 g/mol. The van der Waals surface area contributed by atoms with Gasteiger partial charge >= 0.3 is 0 Å². The summed E-state index contributed by atoms with van der Waals surface area (Å²) in [5.74, 6) is 0. The largest absolute Gasteiger partial charge is 0.226 e. The van der Waals surface area contributed by atoms with Crippen molar-refractivity contribution in [1.29, 1.82) is 0 Å². The molecule has 0 unspecified atom stereocenters. The molecule has 1 rings (SSSR count). The monoisotopic (exact) mass is 164 g/mol. The third-order valence-corrected chi connectivity index (χ3v) is 2.20. The lowest BCUT2D eigenvalue weighted by Crippen LogP contribution is -1.54. The van der Waals surface area contributed by atoms with E-state index in [1.807, 2.05) is 52.5 Å². The van der Waals surface area contributed by atoms with Crippen LogP contribution in [0.4, 0.5) is 0 Å². The highest BCUT2D eigenvalue weighted by molar-refractivity contribution is 8.19. The van der Waals surface area contributed by atoms with Crippen molar-refractivity contribution in [1.82, 2.24) is 0 Å². The molecule has 1 aliphatic heterocycles. The molecule has 0 aromatic carbocycles. The molecule has 11 heavy (non-hydrogen) atoms. The van der Waals surface area contributed by atoms with Gasteiger partial charge in [0.25, 0.3) is 0 Å². The number of rotatable bonds is 0. The van der Waals surface area contributed by atoms with Gasteiger partial charge in [0, 0.05) is 0 Å². The number of hydrogen-bond acceptors (Lipinski definition) is 1. The normalized spacial score (nSPS) is 28.7. The van der Waals surface area contributed by atoms with E-state index in [2.05, 4.69) is 0 Å². The molecule has 0 fully saturated rings. The molecule has 0 saturated carbocycles. The quantitative estimate of drug-likeness (QED) is 0.503. The van der Waals surface area contributed by atoms with Crippen molar-refractivity contribution in [3.63, 3.8) is 0 Å². The van der Waals surface area contributed by atoms with E-state index < -0.39 is 10.5 Å². The Labute approximate surface area is 68.4 Å². The van der Waals surface area contributed by atoms with E-state index in [1.54, 1.807) is 0 Å². The fraction of sp³-hybridized carbons (Fsp3) is 0. The van der Waals surface area contributed by atoms with Gasteiger partial charge in [0.2, 0.25) is 0 Å². The maximum absolute atomic E-state index is 10.3. The Bertz CT molecular complexity index is 265. The van der Waals surface area contributed by atoms with Crippen LogP contribution in [0.1, 0.15) is 0 Å². The Morgan fingerprint density at radius 3 is 1.73 bits per heavy atom. The van der Waals surface area contributed by atoms with Gasteiger partial charge in [-0.3, -0.25) is 0 Å². The highest BCUT2D eigenvalue weighted by Crippen LogP contribution is 2.14. The summed E-state index contributed by atoms with van der Waals surface area (Å²) in [4.78, 5) is 10.3. The van der Waals surface area contributed by atoms with Crippen LogP contribution < -0.4 is 0 Å². The first-order valence-electron chi connectivity index (χ1n) is 3.21. The summed E-state index contributed by atoms with van der Waals surface area (Å²) in [6, 6.07) is 0. The van der Waals surface area contributed by atoms with Gasteiger partial charge in [0.05, 0.1) is 0 Å². The van der Waals surface area contributed by atoms with Crippen LogP contribution in [0, 0.1) is 0 Å². The molecule has 0 aliphatic carbocycles. The Balaban J connectivity index is 2.94. The van der Waals surface area contributed by atoms with Crippen LogP contribution in [-0.2, 0) is 4.79 Å². The van der Waals surface area contributed by atoms with Crippen LogP contribution in [0.3, 0.4) is 0 Å². The third kappa shape index (κ3) is 2.99. The smallest absolute Gasteiger partial charge is 0.164 e. The van der Waals surface area contributed by atoms with Gasteiger partial charge in [-0.15, -0.1) is 0 Å². The highest BCUT2D eigenvalue weighted by atomic mass is 32.2. The van der Waals surface area contributed by atoms with Crippen molar-refractivity contribution in [3.05, 3.63) is 47.3 Å². The fourth-order valence-corrected chi connectivity index (χ4v) is 1.34. The van der Waals surface area contributed by atoms with Crippen LogP contribution in [0.5, 0.6) is 0 Å². The molecule has 0 saturated heterocycles. The van der Waals surface area contributed by atoms with Crippen LogP contribution in [-0.4, -0.2) is 5.23 Å². The Hall–Kier alpha value is -1.11. The van der Waals surface area contributed by atoms with Crippen molar-refractivity contribution >= 4 is 15.7 Å². The van der Waals surface area contributed by atoms with E-state index in [4.69, 9.17) is 0 Å². The first-order valence-corrected chi connectivity index (χ1v) is 4.56. The van der Waals surface area contributed by atoms with Gasteiger partial charge < -0.3 is 0 Å². The summed E-state index contributed by atoms with van der Waals surface area (Å²) in [6.45, 7) is 0. The molecular weight excluding hydrogens is 156 g/mol. The molecule has 1 nitrogen and oxygen atoms in total. The molecule has 1 heterocycles. The Morgan fingerprint density at radius 2 is 1.27 bits per heavy atom. The van der Waals surface area contributed by atoms with Crippen LogP contribution in [0.15, 0.2) is 47.3 Å². The summed E-state index contributed by atoms with van der Waals surface area (Å²) in [7, 11) is -0.460. The molecule has 0 aromatic heterocycles. The second-order valence-electron chi connectivity index (χ2n) is 1.88. The van der Waals surface area contributed by atoms with E-state index in [0.717, 1.165) is 0 Å². The molecular formula is C9H8OS. The van der Waals surface area contributed by atoms with Crippen LogP contribution >= 0.6 is 10.5 Å². The molecule has 0 aromatic rings. The summed E-state index contributed by atoms with van der Waals surface area (Å²) >= 11 is 0. The lowest BCUT2D eigenvalue weighted by molar-refractivity contribution is 0.572. The van der Waals surface area contributed by atoms with Gasteiger partial charge in [-0.1, -0.05) is 46.9 Å². The minimum atomic E-state index is -0.460. The van der Waals surface area contributed by atoms with Gasteiger partial charge in [0.1, 0.15) is 0 Å². The van der Waals surface area contributed by atoms with Crippen molar-refractivity contribution < 1.29 is 4.79 Å². The zero-order chi connectivity index (χ0) is 7.94. The minimum Gasteiger partial charge on any atom is -0.226 e. The molecule has 0 spiro atoms. The second-order valence-corrected chi connectivity index (χ2v) is 3.34. The Morgan fingerprint density at radius 1 is 0.818 bits per heavy atom. The van der Waals surface area contributed by atoms with Crippen LogP contribution in [0.25, 0.3) is 0 Å². The molecule has 0 amide bonds. The standard InChI is InChI=1S/C9H8OS/c10-9-11-7-5-3-1-2-4-6-8-11/h1-8H/b3-1-,4-2-,7-5-,8-6-. The fourth-order valence-electron chi connectivity index (χ4n) is 0.618. The van der Waals surface area contributed by atoms with Gasteiger partial charge in [-0.25, -0.2) is 4.79 Å². The molecule has 2 heteroatoms. The molecule has 1 aliphatic rings. The predicted molar refractivity (Wildman–Crippen MR) is 49.8 cm³/mol. The lowest BCUT2D eigenvalue weighted by atomic mass is 10.4. The molecule has 0 atom stereocenters. The molecule has 56 valence electrons.